The molecule has 1 aliphatic heterocycles. The first-order valence-electron chi connectivity index (χ1n) is 8.76. The number of aromatic nitrogens is 2. The van der Waals surface area contributed by atoms with Crippen molar-refractivity contribution >= 4 is 29.2 Å². The third kappa shape index (κ3) is 3.45. The van der Waals surface area contributed by atoms with Crippen LogP contribution in [0.1, 0.15) is 15.9 Å². The summed E-state index contributed by atoms with van der Waals surface area (Å²) in [6, 6.07) is 10.5. The van der Waals surface area contributed by atoms with Crippen molar-refractivity contribution < 1.29 is 18.8 Å². The van der Waals surface area contributed by atoms with Gasteiger partial charge in [-0.3, -0.25) is 9.59 Å². The molecule has 4 rings (SSSR count). The van der Waals surface area contributed by atoms with Gasteiger partial charge in [0.15, 0.2) is 0 Å². The normalized spacial score (nSPS) is 13.5. The fourth-order valence-corrected chi connectivity index (χ4v) is 3.01. The first-order valence-corrected chi connectivity index (χ1v) is 8.76. The van der Waals surface area contributed by atoms with Crippen molar-refractivity contribution in [2.24, 2.45) is 0 Å². The van der Waals surface area contributed by atoms with Gasteiger partial charge in [-0.2, -0.15) is 5.10 Å². The molecule has 0 unspecified atom stereocenters. The summed E-state index contributed by atoms with van der Waals surface area (Å²) in [5, 5.41) is 9.20. The number of imide groups is 1. The molecule has 29 heavy (non-hydrogen) atoms. The number of hydrogen-bond donors (Lipinski definition) is 2. The Morgan fingerprint density at radius 2 is 1.97 bits per heavy atom. The minimum Gasteiger partial charge on any atom is -0.328 e. The van der Waals surface area contributed by atoms with Crippen LogP contribution < -0.4 is 15.5 Å². The lowest BCUT2D eigenvalue weighted by molar-refractivity contribution is -0.115. The zero-order chi connectivity index (χ0) is 20.5. The van der Waals surface area contributed by atoms with Gasteiger partial charge in [-0.1, -0.05) is 18.2 Å². The van der Waals surface area contributed by atoms with Crippen LogP contribution in [-0.4, -0.2) is 34.2 Å². The number of urea groups is 1. The van der Waals surface area contributed by atoms with E-state index in [1.54, 1.807) is 43.3 Å². The highest BCUT2D eigenvalue weighted by atomic mass is 19.1. The van der Waals surface area contributed by atoms with Gasteiger partial charge in [-0.15, -0.1) is 0 Å². The standard InChI is InChI=1S/C20H16FN5O3/c1-12-6-7-14(8-17(12)26-18(27)10-22-20(26)29)24-19(28)13-9-23-25(11-13)16-5-3-2-4-15(16)21/h2-9,11H,10H2,1H3,(H,22,29)(H,24,28). The number of anilines is 2. The minimum absolute atomic E-state index is 0.0654. The molecule has 1 saturated heterocycles. The van der Waals surface area contributed by atoms with Crippen LogP contribution in [0.3, 0.4) is 0 Å². The summed E-state index contributed by atoms with van der Waals surface area (Å²) in [4.78, 5) is 37.5. The first kappa shape index (κ1) is 18.4. The van der Waals surface area contributed by atoms with Crippen molar-refractivity contribution in [3.8, 4) is 5.69 Å². The van der Waals surface area contributed by atoms with Gasteiger partial charge in [0.25, 0.3) is 11.8 Å². The van der Waals surface area contributed by atoms with Crippen LogP contribution in [0.15, 0.2) is 54.9 Å². The number of aryl methyl sites for hydroxylation is 1. The van der Waals surface area contributed by atoms with Crippen molar-refractivity contribution in [3.05, 3.63) is 71.8 Å². The van der Waals surface area contributed by atoms with Crippen molar-refractivity contribution in [3.63, 3.8) is 0 Å². The zero-order valence-corrected chi connectivity index (χ0v) is 15.3. The second-order valence-electron chi connectivity index (χ2n) is 6.47. The fraction of sp³-hybridized carbons (Fsp3) is 0.100. The maximum absolute atomic E-state index is 13.9. The molecular weight excluding hydrogens is 377 g/mol. The maximum Gasteiger partial charge on any atom is 0.329 e. The number of nitrogens with one attached hydrogen (secondary N) is 2. The average Bonchev–Trinajstić information content (AvgIpc) is 3.31. The molecule has 2 heterocycles. The van der Waals surface area contributed by atoms with Gasteiger partial charge in [0.05, 0.1) is 24.0 Å². The molecule has 8 nitrogen and oxygen atoms in total. The van der Waals surface area contributed by atoms with Gasteiger partial charge in [0, 0.05) is 11.9 Å². The van der Waals surface area contributed by atoms with E-state index in [0.29, 0.717) is 16.9 Å². The molecule has 0 bridgehead atoms. The average molecular weight is 393 g/mol. The van der Waals surface area contributed by atoms with E-state index >= 15 is 0 Å². The molecule has 2 aromatic carbocycles. The Bertz CT molecular complexity index is 1120. The summed E-state index contributed by atoms with van der Waals surface area (Å²) in [5.41, 5.74) is 1.96. The van der Waals surface area contributed by atoms with Crippen molar-refractivity contribution in [1.29, 1.82) is 0 Å². The highest BCUT2D eigenvalue weighted by Gasteiger charge is 2.31. The number of rotatable bonds is 4. The van der Waals surface area contributed by atoms with Crippen LogP contribution in [0, 0.1) is 12.7 Å². The summed E-state index contributed by atoms with van der Waals surface area (Å²) in [7, 11) is 0. The number of amides is 4. The summed E-state index contributed by atoms with van der Waals surface area (Å²) in [6.07, 6.45) is 2.74. The van der Waals surface area contributed by atoms with Crippen LogP contribution in [0.5, 0.6) is 0 Å². The third-order valence-corrected chi connectivity index (χ3v) is 4.50. The Kier molecular flexibility index (Phi) is 4.55. The van der Waals surface area contributed by atoms with Crippen molar-refractivity contribution in [1.82, 2.24) is 15.1 Å². The smallest absolute Gasteiger partial charge is 0.328 e. The number of carbonyl (C=O) groups excluding carboxylic acids is 3. The highest BCUT2D eigenvalue weighted by molar-refractivity contribution is 6.20. The van der Waals surface area contributed by atoms with Gasteiger partial charge in [-0.25, -0.2) is 18.8 Å². The minimum atomic E-state index is -0.507. The molecule has 146 valence electrons. The van der Waals surface area contributed by atoms with E-state index in [-0.39, 0.29) is 23.7 Å². The number of halogens is 1. The summed E-state index contributed by atoms with van der Waals surface area (Å²) < 4.78 is 15.2. The SMILES string of the molecule is Cc1ccc(NC(=O)c2cnn(-c3ccccc3F)c2)cc1N1C(=O)CNC1=O. The first-order chi connectivity index (χ1) is 13.9. The van der Waals surface area contributed by atoms with E-state index in [1.165, 1.54) is 23.1 Å². The van der Waals surface area contributed by atoms with Crippen molar-refractivity contribution in [2.45, 2.75) is 6.92 Å². The van der Waals surface area contributed by atoms with Gasteiger partial charge in [-0.05, 0) is 36.8 Å². The second kappa shape index (κ2) is 7.19. The molecular formula is C20H16FN5O3. The number of nitrogens with zero attached hydrogens (tertiary/aromatic N) is 3. The van der Waals surface area contributed by atoms with Crippen LogP contribution in [0.2, 0.25) is 0 Å². The third-order valence-electron chi connectivity index (χ3n) is 4.50. The zero-order valence-electron chi connectivity index (χ0n) is 15.3. The molecule has 9 heteroatoms. The molecule has 1 aromatic heterocycles. The topological polar surface area (TPSA) is 96.3 Å². The lowest BCUT2D eigenvalue weighted by atomic mass is 10.1. The Morgan fingerprint density at radius 1 is 1.17 bits per heavy atom. The monoisotopic (exact) mass is 393 g/mol. The molecule has 1 fully saturated rings. The quantitative estimate of drug-likeness (QED) is 0.666. The number of para-hydroxylation sites is 1. The van der Waals surface area contributed by atoms with Crippen LogP contribution in [0.25, 0.3) is 5.69 Å². The van der Waals surface area contributed by atoms with Crippen LogP contribution in [-0.2, 0) is 4.79 Å². The predicted octanol–water partition coefficient (Wildman–Crippen LogP) is 2.63. The van der Waals surface area contributed by atoms with Gasteiger partial charge in [0.2, 0.25) is 0 Å². The molecule has 0 aliphatic carbocycles. The molecule has 0 atom stereocenters. The van der Waals surface area contributed by atoms with Crippen molar-refractivity contribution in [2.75, 3.05) is 16.8 Å². The summed E-state index contributed by atoms with van der Waals surface area (Å²) in [6.45, 7) is 1.70. The van der Waals surface area contributed by atoms with Gasteiger partial charge >= 0.3 is 6.03 Å². The second-order valence-corrected chi connectivity index (χ2v) is 6.47. The molecule has 4 amide bonds. The maximum atomic E-state index is 13.9. The number of carbonyl (C=O) groups is 3. The van der Waals surface area contributed by atoms with Crippen LogP contribution in [0.4, 0.5) is 20.6 Å². The van der Waals surface area contributed by atoms with E-state index in [2.05, 4.69) is 15.7 Å². The lowest BCUT2D eigenvalue weighted by Crippen LogP contribution is -2.31. The Morgan fingerprint density at radius 3 is 2.69 bits per heavy atom. The fourth-order valence-electron chi connectivity index (χ4n) is 3.01. The summed E-state index contributed by atoms with van der Waals surface area (Å²) >= 11 is 0. The molecule has 1 aliphatic rings. The largest absolute Gasteiger partial charge is 0.329 e. The summed E-state index contributed by atoms with van der Waals surface area (Å²) in [5.74, 6) is -1.29. The van der Waals surface area contributed by atoms with Crippen LogP contribution >= 0.6 is 0 Å². The van der Waals surface area contributed by atoms with E-state index < -0.39 is 17.8 Å². The van der Waals surface area contributed by atoms with E-state index in [4.69, 9.17) is 0 Å². The number of benzene rings is 2. The van der Waals surface area contributed by atoms with Gasteiger partial charge in [0.1, 0.15) is 11.5 Å². The van der Waals surface area contributed by atoms with Gasteiger partial charge < -0.3 is 10.6 Å². The molecule has 0 spiro atoms. The molecule has 0 radical (unpaired) electrons. The van der Waals surface area contributed by atoms with E-state index in [9.17, 15) is 18.8 Å². The highest BCUT2D eigenvalue weighted by Crippen LogP contribution is 2.26. The molecule has 0 saturated carbocycles. The Hall–Kier alpha value is -4.01. The Balaban J connectivity index is 1.57. The lowest BCUT2D eigenvalue weighted by Gasteiger charge is -2.16. The Labute approximate surface area is 164 Å². The molecule has 2 N–H and O–H groups in total. The van der Waals surface area contributed by atoms with E-state index in [0.717, 1.165) is 4.90 Å². The molecule has 3 aromatic rings. The predicted molar refractivity (Wildman–Crippen MR) is 104 cm³/mol. The number of hydrogen-bond acceptors (Lipinski definition) is 4. The van der Waals surface area contributed by atoms with E-state index in [1.807, 2.05) is 0 Å².